The number of carbonyl (C=O) groups is 1. The first-order valence-electron chi connectivity index (χ1n) is 5.38. The minimum absolute atomic E-state index is 0.0125. The summed E-state index contributed by atoms with van der Waals surface area (Å²) in [7, 11) is 0. The van der Waals surface area contributed by atoms with Crippen LogP contribution in [0.1, 0.15) is 20.3 Å². The maximum atomic E-state index is 11.7. The molecule has 14 heavy (non-hydrogen) atoms. The van der Waals surface area contributed by atoms with Crippen LogP contribution >= 0.6 is 0 Å². The molecule has 1 aliphatic heterocycles. The van der Waals surface area contributed by atoms with E-state index in [1.54, 1.807) is 0 Å². The standard InChI is InChI=1S/C10H20N2O2/c1-3-5-12-10(13)8-6-14-7-9(8)11-4-2/h8-9,11H,3-7H2,1-2H3,(H,12,13). The fourth-order valence-electron chi connectivity index (χ4n) is 1.66. The second-order valence-electron chi connectivity index (χ2n) is 3.60. The van der Waals surface area contributed by atoms with E-state index < -0.39 is 0 Å². The first kappa shape index (κ1) is 11.5. The number of hydrogen-bond acceptors (Lipinski definition) is 3. The zero-order valence-corrected chi connectivity index (χ0v) is 9.01. The van der Waals surface area contributed by atoms with Gasteiger partial charge in [-0.15, -0.1) is 0 Å². The molecule has 0 bridgehead atoms. The van der Waals surface area contributed by atoms with Crippen molar-refractivity contribution in [2.24, 2.45) is 5.92 Å². The van der Waals surface area contributed by atoms with Crippen molar-refractivity contribution in [1.82, 2.24) is 10.6 Å². The first-order valence-corrected chi connectivity index (χ1v) is 5.38. The number of hydrogen-bond donors (Lipinski definition) is 2. The highest BCUT2D eigenvalue weighted by atomic mass is 16.5. The minimum Gasteiger partial charge on any atom is -0.379 e. The third-order valence-electron chi connectivity index (χ3n) is 2.43. The topological polar surface area (TPSA) is 50.4 Å². The van der Waals surface area contributed by atoms with Gasteiger partial charge >= 0.3 is 0 Å². The quantitative estimate of drug-likeness (QED) is 0.663. The van der Waals surface area contributed by atoms with Gasteiger partial charge in [-0.05, 0) is 13.0 Å². The molecule has 2 unspecified atom stereocenters. The number of amides is 1. The van der Waals surface area contributed by atoms with E-state index in [9.17, 15) is 4.79 Å². The summed E-state index contributed by atoms with van der Waals surface area (Å²) in [6.07, 6.45) is 0.977. The van der Waals surface area contributed by atoms with Crippen LogP contribution in [0.25, 0.3) is 0 Å². The van der Waals surface area contributed by atoms with Gasteiger partial charge in [-0.25, -0.2) is 0 Å². The lowest BCUT2D eigenvalue weighted by Gasteiger charge is -2.17. The minimum atomic E-state index is -0.0125. The van der Waals surface area contributed by atoms with Crippen molar-refractivity contribution in [3.63, 3.8) is 0 Å². The molecule has 1 fully saturated rings. The van der Waals surface area contributed by atoms with Crippen LogP contribution in [0, 0.1) is 5.92 Å². The van der Waals surface area contributed by atoms with Crippen LogP contribution in [-0.2, 0) is 9.53 Å². The van der Waals surface area contributed by atoms with Crippen molar-refractivity contribution < 1.29 is 9.53 Å². The Balaban J connectivity index is 2.36. The second kappa shape index (κ2) is 5.98. The monoisotopic (exact) mass is 200 g/mol. The van der Waals surface area contributed by atoms with Gasteiger partial charge in [0.2, 0.25) is 5.91 Å². The lowest BCUT2D eigenvalue weighted by atomic mass is 10.0. The van der Waals surface area contributed by atoms with Crippen LogP contribution in [0.3, 0.4) is 0 Å². The summed E-state index contributed by atoms with van der Waals surface area (Å²) in [5, 5.41) is 6.17. The lowest BCUT2D eigenvalue weighted by Crippen LogP contribution is -2.44. The first-order chi connectivity index (χ1) is 6.79. The molecule has 0 aromatic heterocycles. The van der Waals surface area contributed by atoms with Crippen molar-refractivity contribution in [2.45, 2.75) is 26.3 Å². The lowest BCUT2D eigenvalue weighted by molar-refractivity contribution is -0.125. The Morgan fingerprint density at radius 3 is 2.86 bits per heavy atom. The molecule has 0 aromatic carbocycles. The molecular weight excluding hydrogens is 180 g/mol. The van der Waals surface area contributed by atoms with Crippen LogP contribution in [0.15, 0.2) is 0 Å². The molecule has 0 aliphatic carbocycles. The van der Waals surface area contributed by atoms with E-state index in [0.717, 1.165) is 19.5 Å². The van der Waals surface area contributed by atoms with Crippen LogP contribution in [-0.4, -0.2) is 38.3 Å². The molecule has 0 saturated carbocycles. The van der Waals surface area contributed by atoms with Crippen LogP contribution in [0.2, 0.25) is 0 Å². The average molecular weight is 200 g/mol. The molecule has 0 aromatic rings. The van der Waals surface area contributed by atoms with Crippen molar-refractivity contribution in [3.8, 4) is 0 Å². The molecule has 4 nitrogen and oxygen atoms in total. The Hall–Kier alpha value is -0.610. The third-order valence-corrected chi connectivity index (χ3v) is 2.43. The summed E-state index contributed by atoms with van der Waals surface area (Å²) in [4.78, 5) is 11.7. The molecule has 0 spiro atoms. The van der Waals surface area contributed by atoms with E-state index in [-0.39, 0.29) is 17.9 Å². The summed E-state index contributed by atoms with van der Waals surface area (Å²) in [5.41, 5.74) is 0. The van der Waals surface area contributed by atoms with Crippen LogP contribution < -0.4 is 10.6 Å². The molecule has 0 radical (unpaired) electrons. The summed E-state index contributed by atoms with van der Waals surface area (Å²) in [6.45, 7) is 6.93. The molecule has 1 rings (SSSR count). The maximum Gasteiger partial charge on any atom is 0.227 e. The zero-order valence-electron chi connectivity index (χ0n) is 9.01. The van der Waals surface area contributed by atoms with Crippen LogP contribution in [0.4, 0.5) is 0 Å². The largest absolute Gasteiger partial charge is 0.379 e. The normalized spacial score (nSPS) is 26.4. The Morgan fingerprint density at radius 2 is 2.21 bits per heavy atom. The number of likely N-dealkylation sites (N-methyl/N-ethyl adjacent to an activating group) is 1. The van der Waals surface area contributed by atoms with Crippen LogP contribution in [0.5, 0.6) is 0 Å². The molecule has 1 saturated heterocycles. The number of rotatable bonds is 5. The average Bonchev–Trinajstić information content (AvgIpc) is 2.63. The van der Waals surface area contributed by atoms with Crippen molar-refractivity contribution in [1.29, 1.82) is 0 Å². The van der Waals surface area contributed by atoms with Gasteiger partial charge in [0.1, 0.15) is 0 Å². The molecule has 1 amide bonds. The van der Waals surface area contributed by atoms with Crippen molar-refractivity contribution in [3.05, 3.63) is 0 Å². The summed E-state index contributed by atoms with van der Waals surface area (Å²) >= 11 is 0. The van der Waals surface area contributed by atoms with Crippen molar-refractivity contribution in [2.75, 3.05) is 26.3 Å². The van der Waals surface area contributed by atoms with Gasteiger partial charge < -0.3 is 15.4 Å². The fourth-order valence-corrected chi connectivity index (χ4v) is 1.66. The second-order valence-corrected chi connectivity index (χ2v) is 3.60. The Bertz CT molecular complexity index is 185. The number of ether oxygens (including phenoxy) is 1. The molecule has 82 valence electrons. The number of nitrogens with one attached hydrogen (secondary N) is 2. The van der Waals surface area contributed by atoms with Gasteiger partial charge in [0, 0.05) is 12.6 Å². The SMILES string of the molecule is CCCNC(=O)C1COCC1NCC. The highest BCUT2D eigenvalue weighted by molar-refractivity contribution is 5.79. The van der Waals surface area contributed by atoms with E-state index in [1.165, 1.54) is 0 Å². The number of carbonyl (C=O) groups excluding carboxylic acids is 1. The van der Waals surface area contributed by atoms with E-state index in [0.29, 0.717) is 13.2 Å². The van der Waals surface area contributed by atoms with E-state index in [4.69, 9.17) is 4.74 Å². The van der Waals surface area contributed by atoms with Gasteiger partial charge in [0.05, 0.1) is 19.1 Å². The zero-order chi connectivity index (χ0) is 10.4. The molecular formula is C10H20N2O2. The van der Waals surface area contributed by atoms with Gasteiger partial charge in [-0.1, -0.05) is 13.8 Å². The summed E-state index contributed by atoms with van der Waals surface area (Å²) in [6, 6.07) is 0.192. The van der Waals surface area contributed by atoms with E-state index >= 15 is 0 Å². The summed E-state index contributed by atoms with van der Waals surface area (Å²) < 4.78 is 5.30. The predicted molar refractivity (Wildman–Crippen MR) is 55.1 cm³/mol. The molecule has 2 N–H and O–H groups in total. The highest BCUT2D eigenvalue weighted by Crippen LogP contribution is 2.13. The van der Waals surface area contributed by atoms with Gasteiger partial charge in [0.25, 0.3) is 0 Å². The predicted octanol–water partition coefficient (Wildman–Crippen LogP) is 0.137. The molecule has 1 heterocycles. The molecule has 4 heteroatoms. The Morgan fingerprint density at radius 1 is 1.43 bits per heavy atom. The highest BCUT2D eigenvalue weighted by Gasteiger charge is 2.32. The van der Waals surface area contributed by atoms with E-state index in [1.807, 2.05) is 13.8 Å². The van der Waals surface area contributed by atoms with Gasteiger partial charge in [-0.2, -0.15) is 0 Å². The fraction of sp³-hybridized carbons (Fsp3) is 0.900. The Kier molecular flexibility index (Phi) is 4.90. The van der Waals surface area contributed by atoms with Gasteiger partial charge in [-0.3, -0.25) is 4.79 Å². The molecule has 1 aliphatic rings. The van der Waals surface area contributed by atoms with Gasteiger partial charge in [0.15, 0.2) is 0 Å². The molecule has 2 atom stereocenters. The smallest absolute Gasteiger partial charge is 0.227 e. The van der Waals surface area contributed by atoms with Crippen molar-refractivity contribution >= 4 is 5.91 Å². The summed E-state index contributed by atoms with van der Waals surface area (Å²) in [5.74, 6) is 0.108. The Labute approximate surface area is 85.4 Å². The maximum absolute atomic E-state index is 11.7. The third kappa shape index (κ3) is 2.96. The van der Waals surface area contributed by atoms with E-state index in [2.05, 4.69) is 10.6 Å².